The Morgan fingerprint density at radius 2 is 1.82 bits per heavy atom. The highest BCUT2D eigenvalue weighted by molar-refractivity contribution is 7.22. The number of likely N-dealkylation sites (tertiary alicyclic amines) is 1. The zero-order valence-electron chi connectivity index (χ0n) is 22.4. The summed E-state index contributed by atoms with van der Waals surface area (Å²) in [6.07, 6.45) is 3.46. The van der Waals surface area contributed by atoms with Gasteiger partial charge in [-0.05, 0) is 115 Å². The second-order valence-corrected chi connectivity index (χ2v) is 11.7. The van der Waals surface area contributed by atoms with E-state index in [1.165, 1.54) is 58.4 Å². The third-order valence-corrected chi connectivity index (χ3v) is 9.09. The number of hydrogen-bond donors (Lipinski definition) is 2. The summed E-state index contributed by atoms with van der Waals surface area (Å²) in [5.41, 5.74) is 6.50. The molecule has 6 nitrogen and oxygen atoms in total. The van der Waals surface area contributed by atoms with Crippen LogP contribution >= 0.6 is 11.3 Å². The van der Waals surface area contributed by atoms with E-state index in [9.17, 15) is 9.90 Å². The molecule has 1 aromatic heterocycles. The van der Waals surface area contributed by atoms with Crippen LogP contribution in [0.1, 0.15) is 35.1 Å². The predicted molar refractivity (Wildman–Crippen MR) is 158 cm³/mol. The smallest absolute Gasteiger partial charge is 0.317 e. The SMILES string of the molecule is Cc1cc(Cc2c(-c3ccc(OCCN4CCNC4=O)cc3)sc3cc(O)ccc23)ccc1CN1CCCC1. The Hall–Kier alpha value is -3.55. The quantitative estimate of drug-likeness (QED) is 0.266. The molecular formula is C32H35N3O3S. The Morgan fingerprint density at radius 3 is 2.56 bits per heavy atom. The van der Waals surface area contributed by atoms with Gasteiger partial charge in [0.2, 0.25) is 0 Å². The molecule has 0 radical (unpaired) electrons. The lowest BCUT2D eigenvalue weighted by Crippen LogP contribution is -2.31. The van der Waals surface area contributed by atoms with Crippen molar-refractivity contribution in [3.63, 3.8) is 0 Å². The van der Waals surface area contributed by atoms with Gasteiger partial charge in [-0.2, -0.15) is 0 Å². The molecule has 2 amide bonds. The number of rotatable bonds is 9. The molecule has 202 valence electrons. The molecule has 0 saturated carbocycles. The van der Waals surface area contributed by atoms with Gasteiger partial charge in [0.1, 0.15) is 18.1 Å². The van der Waals surface area contributed by atoms with Crippen molar-refractivity contribution in [2.75, 3.05) is 39.3 Å². The van der Waals surface area contributed by atoms with Crippen LogP contribution in [0.25, 0.3) is 20.5 Å². The van der Waals surface area contributed by atoms with E-state index >= 15 is 0 Å². The van der Waals surface area contributed by atoms with Crippen molar-refractivity contribution in [2.24, 2.45) is 0 Å². The minimum atomic E-state index is -0.0197. The minimum Gasteiger partial charge on any atom is -0.508 e. The maximum Gasteiger partial charge on any atom is 0.317 e. The lowest BCUT2D eigenvalue weighted by atomic mass is 9.96. The van der Waals surface area contributed by atoms with E-state index in [0.717, 1.165) is 35.5 Å². The zero-order chi connectivity index (χ0) is 26.8. The van der Waals surface area contributed by atoms with E-state index in [0.29, 0.717) is 25.4 Å². The average molecular weight is 542 g/mol. The second-order valence-electron chi connectivity index (χ2n) is 10.6. The van der Waals surface area contributed by atoms with Gasteiger partial charge in [0.15, 0.2) is 0 Å². The standard InChI is InChI=1S/C32H35N3O3S/c1-22-18-23(4-5-25(22)21-34-13-2-3-14-34)19-29-28-11-8-26(36)20-30(28)39-31(29)24-6-9-27(10-7-24)38-17-16-35-15-12-33-32(35)37/h4-11,18,20,36H,2-3,12-17,19,21H2,1H3,(H,33,37). The number of ether oxygens (including phenoxy) is 1. The fraction of sp³-hybridized carbons (Fsp3) is 0.344. The third kappa shape index (κ3) is 5.75. The molecule has 2 fully saturated rings. The molecule has 0 atom stereocenters. The largest absolute Gasteiger partial charge is 0.508 e. The maximum atomic E-state index is 11.7. The maximum absolute atomic E-state index is 11.7. The molecule has 2 N–H and O–H groups in total. The summed E-state index contributed by atoms with van der Waals surface area (Å²) < 4.78 is 7.01. The van der Waals surface area contributed by atoms with Gasteiger partial charge in [-0.3, -0.25) is 4.90 Å². The first-order chi connectivity index (χ1) is 19.0. The van der Waals surface area contributed by atoms with Crippen LogP contribution in [0.5, 0.6) is 11.5 Å². The van der Waals surface area contributed by atoms with E-state index in [2.05, 4.69) is 47.5 Å². The number of amides is 2. The number of phenolic OH excluding ortho intramolecular Hbond substituents is 1. The number of thiophene rings is 1. The number of fused-ring (bicyclic) bond motifs is 1. The van der Waals surface area contributed by atoms with Crippen LogP contribution in [0.4, 0.5) is 4.79 Å². The number of benzene rings is 3. The van der Waals surface area contributed by atoms with Crippen LogP contribution in [0.2, 0.25) is 0 Å². The van der Waals surface area contributed by atoms with Crippen LogP contribution in [-0.2, 0) is 13.0 Å². The number of carbonyl (C=O) groups excluding carboxylic acids is 1. The molecular weight excluding hydrogens is 506 g/mol. The number of nitrogens with one attached hydrogen (secondary N) is 1. The molecule has 0 spiro atoms. The van der Waals surface area contributed by atoms with Crippen LogP contribution in [0.3, 0.4) is 0 Å². The first kappa shape index (κ1) is 25.7. The second kappa shape index (κ2) is 11.3. The van der Waals surface area contributed by atoms with E-state index in [4.69, 9.17) is 4.74 Å². The average Bonchev–Trinajstić information content (AvgIpc) is 3.67. The topological polar surface area (TPSA) is 65.0 Å². The fourth-order valence-electron chi connectivity index (χ4n) is 5.68. The molecule has 2 aliphatic rings. The summed E-state index contributed by atoms with van der Waals surface area (Å²) >= 11 is 1.72. The van der Waals surface area contributed by atoms with Crippen LogP contribution in [0, 0.1) is 6.92 Å². The number of aromatic hydroxyl groups is 1. The molecule has 2 saturated heterocycles. The van der Waals surface area contributed by atoms with Gasteiger partial charge in [0, 0.05) is 29.2 Å². The van der Waals surface area contributed by atoms with Crippen LogP contribution in [-0.4, -0.2) is 60.3 Å². The van der Waals surface area contributed by atoms with Crippen molar-refractivity contribution in [2.45, 2.75) is 32.7 Å². The monoisotopic (exact) mass is 541 g/mol. The van der Waals surface area contributed by atoms with Gasteiger partial charge in [0.05, 0.1) is 6.54 Å². The normalized spacial score (nSPS) is 15.8. The lowest BCUT2D eigenvalue weighted by Gasteiger charge is -2.17. The summed E-state index contributed by atoms with van der Waals surface area (Å²) in [6, 6.07) is 20.8. The molecule has 3 heterocycles. The minimum absolute atomic E-state index is 0.0197. The zero-order valence-corrected chi connectivity index (χ0v) is 23.2. The van der Waals surface area contributed by atoms with E-state index in [-0.39, 0.29) is 6.03 Å². The van der Waals surface area contributed by atoms with Crippen molar-refractivity contribution >= 4 is 27.5 Å². The lowest BCUT2D eigenvalue weighted by molar-refractivity contribution is 0.202. The number of urea groups is 1. The molecule has 6 rings (SSSR count). The molecule has 7 heteroatoms. The molecule has 0 aliphatic carbocycles. The van der Waals surface area contributed by atoms with Crippen molar-refractivity contribution < 1.29 is 14.6 Å². The highest BCUT2D eigenvalue weighted by Gasteiger charge is 2.19. The highest BCUT2D eigenvalue weighted by Crippen LogP contribution is 2.41. The summed E-state index contributed by atoms with van der Waals surface area (Å²) in [5, 5.41) is 14.2. The van der Waals surface area contributed by atoms with Crippen molar-refractivity contribution in [1.82, 2.24) is 15.1 Å². The van der Waals surface area contributed by atoms with Crippen molar-refractivity contribution in [3.8, 4) is 21.9 Å². The van der Waals surface area contributed by atoms with E-state index < -0.39 is 0 Å². The summed E-state index contributed by atoms with van der Waals surface area (Å²) in [4.78, 5) is 17.3. The number of carbonyl (C=O) groups is 1. The van der Waals surface area contributed by atoms with Crippen molar-refractivity contribution in [1.29, 1.82) is 0 Å². The number of aryl methyl sites for hydroxylation is 1. The molecule has 3 aromatic carbocycles. The predicted octanol–water partition coefficient (Wildman–Crippen LogP) is 6.17. The van der Waals surface area contributed by atoms with Gasteiger partial charge in [-0.25, -0.2) is 4.79 Å². The van der Waals surface area contributed by atoms with Crippen LogP contribution < -0.4 is 10.1 Å². The van der Waals surface area contributed by atoms with E-state index in [1.54, 1.807) is 22.3 Å². The van der Waals surface area contributed by atoms with Gasteiger partial charge in [-0.1, -0.05) is 18.2 Å². The fourth-order valence-corrected chi connectivity index (χ4v) is 6.94. The molecule has 0 bridgehead atoms. The summed E-state index contributed by atoms with van der Waals surface area (Å²) in [7, 11) is 0. The molecule has 0 unspecified atom stereocenters. The van der Waals surface area contributed by atoms with Crippen molar-refractivity contribution in [3.05, 3.63) is 82.9 Å². The van der Waals surface area contributed by atoms with Gasteiger partial charge >= 0.3 is 6.03 Å². The molecule has 39 heavy (non-hydrogen) atoms. The van der Waals surface area contributed by atoms with Gasteiger partial charge < -0.3 is 20.1 Å². The summed E-state index contributed by atoms with van der Waals surface area (Å²) in [5.74, 6) is 1.09. The first-order valence-corrected chi connectivity index (χ1v) is 14.7. The molecule has 4 aromatic rings. The summed E-state index contributed by atoms with van der Waals surface area (Å²) in [6.45, 7) is 8.15. The number of nitrogens with zero attached hydrogens (tertiary/aromatic N) is 2. The number of phenols is 1. The highest BCUT2D eigenvalue weighted by atomic mass is 32.1. The first-order valence-electron chi connectivity index (χ1n) is 13.8. The number of hydrogen-bond acceptors (Lipinski definition) is 5. The Labute approximate surface area is 233 Å². The van der Waals surface area contributed by atoms with E-state index in [1.807, 2.05) is 24.3 Å². The Kier molecular flexibility index (Phi) is 7.44. The molecule has 2 aliphatic heterocycles. The Bertz CT molecular complexity index is 1470. The van der Waals surface area contributed by atoms with Crippen LogP contribution in [0.15, 0.2) is 60.7 Å². The Balaban J connectivity index is 1.22. The van der Waals surface area contributed by atoms with Gasteiger partial charge in [-0.15, -0.1) is 11.3 Å². The Morgan fingerprint density at radius 1 is 1.00 bits per heavy atom. The van der Waals surface area contributed by atoms with Gasteiger partial charge in [0.25, 0.3) is 0 Å². The third-order valence-electron chi connectivity index (χ3n) is 7.85.